The third kappa shape index (κ3) is 6.32. The molecule has 0 aliphatic carbocycles. The molecule has 2 aromatic carbocycles. The van der Waals surface area contributed by atoms with Gasteiger partial charge in [0.2, 0.25) is 11.8 Å². The third-order valence-corrected chi connectivity index (χ3v) is 5.07. The molecule has 0 fully saturated rings. The van der Waals surface area contributed by atoms with E-state index in [1.807, 2.05) is 12.1 Å². The fraction of sp³-hybridized carbons (Fsp3) is 0.391. The summed E-state index contributed by atoms with van der Waals surface area (Å²) in [6, 6.07) is 10.2. The quantitative estimate of drug-likeness (QED) is 0.556. The number of anilines is 1. The molecule has 0 bridgehead atoms. The fourth-order valence-electron chi connectivity index (χ4n) is 3.42. The lowest BCUT2D eigenvalue weighted by Crippen LogP contribution is -2.26. The SMILES string of the molecule is COc1ccc(CN(C)C(=O)CCCOc2ccc3c(c2)CCC(=O)N3)cc1OC(F)F. The maximum atomic E-state index is 12.6. The van der Waals surface area contributed by atoms with Gasteiger partial charge in [-0.1, -0.05) is 6.07 Å². The number of ether oxygens (including phenoxy) is 3. The number of nitrogens with zero attached hydrogens (tertiary/aromatic N) is 1. The smallest absolute Gasteiger partial charge is 0.387 e. The lowest BCUT2D eigenvalue weighted by molar-refractivity contribution is -0.130. The Balaban J connectivity index is 1.45. The van der Waals surface area contributed by atoms with Crippen LogP contribution in [0.3, 0.4) is 0 Å². The van der Waals surface area contributed by atoms with Crippen LogP contribution in [0.2, 0.25) is 0 Å². The number of fused-ring (bicyclic) bond motifs is 1. The highest BCUT2D eigenvalue weighted by molar-refractivity contribution is 5.94. The number of carbonyl (C=O) groups is 2. The summed E-state index contributed by atoms with van der Waals surface area (Å²) in [5.41, 5.74) is 2.49. The molecular formula is C23H26F2N2O5. The minimum absolute atomic E-state index is 0.0150. The number of methoxy groups -OCH3 is 1. The molecule has 0 aromatic heterocycles. The van der Waals surface area contributed by atoms with Gasteiger partial charge in [0.05, 0.1) is 13.7 Å². The van der Waals surface area contributed by atoms with Crippen molar-refractivity contribution in [2.45, 2.75) is 38.8 Å². The molecule has 0 radical (unpaired) electrons. The molecule has 2 amide bonds. The minimum atomic E-state index is -2.97. The Kier molecular flexibility index (Phi) is 7.86. The topological polar surface area (TPSA) is 77.1 Å². The molecule has 1 N–H and O–H groups in total. The third-order valence-electron chi connectivity index (χ3n) is 5.07. The van der Waals surface area contributed by atoms with Crippen LogP contribution in [0, 0.1) is 0 Å². The summed E-state index contributed by atoms with van der Waals surface area (Å²) >= 11 is 0. The van der Waals surface area contributed by atoms with Crippen LogP contribution in [0.25, 0.3) is 0 Å². The highest BCUT2D eigenvalue weighted by Gasteiger charge is 2.16. The van der Waals surface area contributed by atoms with Gasteiger partial charge in [-0.25, -0.2) is 0 Å². The van der Waals surface area contributed by atoms with Crippen LogP contribution < -0.4 is 19.5 Å². The summed E-state index contributed by atoms with van der Waals surface area (Å²) in [5, 5.41) is 2.82. The van der Waals surface area contributed by atoms with Crippen molar-refractivity contribution in [3.8, 4) is 17.2 Å². The highest BCUT2D eigenvalue weighted by atomic mass is 19.3. The van der Waals surface area contributed by atoms with Crippen molar-refractivity contribution in [2.75, 3.05) is 26.1 Å². The first-order chi connectivity index (χ1) is 15.4. The lowest BCUT2D eigenvalue weighted by atomic mass is 10.0. The molecule has 0 atom stereocenters. The molecule has 0 saturated carbocycles. The number of benzene rings is 2. The number of carbonyl (C=O) groups excluding carboxylic acids is 2. The van der Waals surface area contributed by atoms with Crippen molar-refractivity contribution in [2.24, 2.45) is 0 Å². The zero-order chi connectivity index (χ0) is 23.1. The van der Waals surface area contributed by atoms with E-state index in [2.05, 4.69) is 10.1 Å². The summed E-state index contributed by atoms with van der Waals surface area (Å²) < 4.78 is 40.4. The molecule has 7 nitrogen and oxygen atoms in total. The van der Waals surface area contributed by atoms with Crippen molar-refractivity contribution < 1.29 is 32.6 Å². The van der Waals surface area contributed by atoms with Crippen LogP contribution in [0.5, 0.6) is 17.2 Å². The van der Waals surface area contributed by atoms with E-state index >= 15 is 0 Å². The average molecular weight is 448 g/mol. The predicted molar refractivity (Wildman–Crippen MR) is 114 cm³/mol. The monoisotopic (exact) mass is 448 g/mol. The molecule has 1 aliphatic heterocycles. The first-order valence-electron chi connectivity index (χ1n) is 10.3. The zero-order valence-corrected chi connectivity index (χ0v) is 18.0. The maximum absolute atomic E-state index is 12.6. The van der Waals surface area contributed by atoms with Crippen LogP contribution in [-0.2, 0) is 22.6 Å². The van der Waals surface area contributed by atoms with E-state index in [9.17, 15) is 18.4 Å². The Hall–Kier alpha value is -3.36. The summed E-state index contributed by atoms with van der Waals surface area (Å²) in [5.74, 6) is 0.754. The van der Waals surface area contributed by atoms with Gasteiger partial charge in [0.15, 0.2) is 11.5 Å². The van der Waals surface area contributed by atoms with Crippen LogP contribution in [0.1, 0.15) is 30.4 Å². The van der Waals surface area contributed by atoms with Crippen molar-refractivity contribution in [3.63, 3.8) is 0 Å². The molecule has 32 heavy (non-hydrogen) atoms. The molecule has 1 heterocycles. The number of aryl methyl sites for hydroxylation is 1. The van der Waals surface area contributed by atoms with Gasteiger partial charge in [-0.3, -0.25) is 9.59 Å². The van der Waals surface area contributed by atoms with E-state index in [0.29, 0.717) is 37.2 Å². The Labute approximate surface area is 185 Å². The van der Waals surface area contributed by atoms with E-state index in [0.717, 1.165) is 11.3 Å². The summed E-state index contributed by atoms with van der Waals surface area (Å²) in [7, 11) is 3.02. The number of amides is 2. The van der Waals surface area contributed by atoms with Crippen molar-refractivity contribution >= 4 is 17.5 Å². The van der Waals surface area contributed by atoms with Crippen LogP contribution >= 0.6 is 0 Å². The number of hydrogen-bond donors (Lipinski definition) is 1. The predicted octanol–water partition coefficient (Wildman–Crippen LogP) is 4.00. The van der Waals surface area contributed by atoms with Crippen molar-refractivity contribution in [1.29, 1.82) is 0 Å². The molecule has 0 saturated heterocycles. The van der Waals surface area contributed by atoms with E-state index in [4.69, 9.17) is 9.47 Å². The van der Waals surface area contributed by atoms with Gasteiger partial charge < -0.3 is 24.4 Å². The molecule has 172 valence electrons. The number of alkyl halides is 2. The second-order valence-corrected chi connectivity index (χ2v) is 7.43. The Morgan fingerprint density at radius 2 is 1.97 bits per heavy atom. The standard InChI is InChI=1S/C23H26F2N2O5/c1-27(14-15-5-9-19(30-2)20(12-15)32-23(24)25)22(29)4-3-11-31-17-7-8-18-16(13-17)6-10-21(28)26-18/h5,7-9,12-13,23H,3-4,6,10-11,14H2,1-2H3,(H,26,28). The average Bonchev–Trinajstić information content (AvgIpc) is 2.76. The lowest BCUT2D eigenvalue weighted by Gasteiger charge is -2.19. The molecule has 9 heteroatoms. The van der Waals surface area contributed by atoms with Gasteiger partial charge in [-0.15, -0.1) is 0 Å². The largest absolute Gasteiger partial charge is 0.494 e. The summed E-state index contributed by atoms with van der Waals surface area (Å²) in [4.78, 5) is 25.4. The number of halogens is 2. The van der Waals surface area contributed by atoms with Crippen molar-refractivity contribution in [1.82, 2.24) is 4.90 Å². The molecule has 0 unspecified atom stereocenters. The Morgan fingerprint density at radius 1 is 1.16 bits per heavy atom. The molecule has 2 aromatic rings. The number of nitrogens with one attached hydrogen (secondary N) is 1. The van der Waals surface area contributed by atoms with E-state index in [-0.39, 0.29) is 36.3 Å². The highest BCUT2D eigenvalue weighted by Crippen LogP contribution is 2.30. The normalized spacial score (nSPS) is 12.7. The van der Waals surface area contributed by atoms with E-state index < -0.39 is 6.61 Å². The van der Waals surface area contributed by atoms with Crippen molar-refractivity contribution in [3.05, 3.63) is 47.5 Å². The van der Waals surface area contributed by atoms with Gasteiger partial charge in [0.25, 0.3) is 0 Å². The van der Waals surface area contributed by atoms with Gasteiger partial charge in [-0.05, 0) is 54.3 Å². The zero-order valence-electron chi connectivity index (χ0n) is 18.0. The van der Waals surface area contributed by atoms with Gasteiger partial charge in [0, 0.05) is 32.1 Å². The fourth-order valence-corrected chi connectivity index (χ4v) is 3.42. The molecular weight excluding hydrogens is 422 g/mol. The van der Waals surface area contributed by atoms with Crippen LogP contribution in [0.15, 0.2) is 36.4 Å². The Morgan fingerprint density at radius 3 is 2.72 bits per heavy atom. The molecule has 0 spiro atoms. The second kappa shape index (κ2) is 10.8. The van der Waals surface area contributed by atoms with Gasteiger partial charge >= 0.3 is 6.61 Å². The Bertz CT molecular complexity index is 967. The second-order valence-electron chi connectivity index (χ2n) is 7.43. The minimum Gasteiger partial charge on any atom is -0.494 e. The summed E-state index contributed by atoms with van der Waals surface area (Å²) in [6.07, 6.45) is 1.95. The number of rotatable bonds is 10. The maximum Gasteiger partial charge on any atom is 0.387 e. The molecule has 1 aliphatic rings. The van der Waals surface area contributed by atoms with E-state index in [1.165, 1.54) is 24.1 Å². The number of hydrogen-bond acceptors (Lipinski definition) is 5. The van der Waals surface area contributed by atoms with Crippen LogP contribution in [0.4, 0.5) is 14.5 Å². The van der Waals surface area contributed by atoms with Gasteiger partial charge in [-0.2, -0.15) is 8.78 Å². The molecule has 3 rings (SSSR count). The van der Waals surface area contributed by atoms with Gasteiger partial charge in [0.1, 0.15) is 5.75 Å². The van der Waals surface area contributed by atoms with Crippen LogP contribution in [-0.4, -0.2) is 44.1 Å². The first kappa shape index (κ1) is 23.3. The van der Waals surface area contributed by atoms with E-state index in [1.54, 1.807) is 19.2 Å². The first-order valence-corrected chi connectivity index (χ1v) is 10.3. The summed E-state index contributed by atoms with van der Waals surface area (Å²) in [6.45, 7) is -2.34.